The van der Waals surface area contributed by atoms with Crippen molar-refractivity contribution in [3.63, 3.8) is 0 Å². The fourth-order valence-corrected chi connectivity index (χ4v) is 3.12. The molecule has 1 aromatic heterocycles. The lowest BCUT2D eigenvalue weighted by atomic mass is 9.92. The number of rotatable bonds is 3. The number of fused-ring (bicyclic) bond motifs is 1. The van der Waals surface area contributed by atoms with E-state index in [9.17, 15) is 0 Å². The smallest absolute Gasteiger partial charge is 0.0346 e. The lowest BCUT2D eigenvalue weighted by Crippen LogP contribution is -2.26. The van der Waals surface area contributed by atoms with Crippen LogP contribution in [0.25, 0.3) is 10.8 Å². The van der Waals surface area contributed by atoms with Gasteiger partial charge in [0.25, 0.3) is 0 Å². The standard InChI is InChI=1S/C17H22N2/c1-17(2)7-5-16(10-17)19-11-13-3-4-15-12-18-8-6-14(15)9-13/h3-4,6,8-9,12,16,19H,5,7,10-11H2,1-2H3. The van der Waals surface area contributed by atoms with Crippen LogP contribution in [0.15, 0.2) is 36.7 Å². The normalized spacial score (nSPS) is 21.9. The van der Waals surface area contributed by atoms with Crippen molar-refractivity contribution >= 4 is 10.8 Å². The molecule has 19 heavy (non-hydrogen) atoms. The van der Waals surface area contributed by atoms with Crippen molar-refractivity contribution in [1.82, 2.24) is 10.3 Å². The van der Waals surface area contributed by atoms with Crippen LogP contribution in [0.4, 0.5) is 0 Å². The summed E-state index contributed by atoms with van der Waals surface area (Å²) in [5, 5.41) is 6.20. The third-order valence-corrected chi connectivity index (χ3v) is 4.27. The Morgan fingerprint density at radius 1 is 1.26 bits per heavy atom. The Hall–Kier alpha value is -1.41. The summed E-state index contributed by atoms with van der Waals surface area (Å²) in [5.74, 6) is 0. The second-order valence-electron chi connectivity index (χ2n) is 6.54. The summed E-state index contributed by atoms with van der Waals surface area (Å²) in [6.45, 7) is 5.72. The molecule has 1 atom stereocenters. The minimum Gasteiger partial charge on any atom is -0.310 e. The zero-order valence-corrected chi connectivity index (χ0v) is 11.8. The highest BCUT2D eigenvalue weighted by atomic mass is 14.9. The Morgan fingerprint density at radius 3 is 2.95 bits per heavy atom. The van der Waals surface area contributed by atoms with Gasteiger partial charge in [-0.15, -0.1) is 0 Å². The van der Waals surface area contributed by atoms with Gasteiger partial charge in [0.1, 0.15) is 0 Å². The lowest BCUT2D eigenvalue weighted by Gasteiger charge is -2.18. The van der Waals surface area contributed by atoms with Crippen molar-refractivity contribution in [2.24, 2.45) is 5.41 Å². The van der Waals surface area contributed by atoms with E-state index < -0.39 is 0 Å². The first-order valence-electron chi connectivity index (χ1n) is 7.18. The number of hydrogen-bond donors (Lipinski definition) is 1. The van der Waals surface area contributed by atoms with Crippen LogP contribution in [-0.2, 0) is 6.54 Å². The number of nitrogens with one attached hydrogen (secondary N) is 1. The van der Waals surface area contributed by atoms with Gasteiger partial charge in [0.2, 0.25) is 0 Å². The van der Waals surface area contributed by atoms with Crippen LogP contribution in [0.5, 0.6) is 0 Å². The van der Waals surface area contributed by atoms with Crippen LogP contribution < -0.4 is 5.32 Å². The average Bonchev–Trinajstić information content (AvgIpc) is 2.76. The average molecular weight is 254 g/mol. The number of hydrogen-bond acceptors (Lipinski definition) is 2. The minimum absolute atomic E-state index is 0.521. The number of nitrogens with zero attached hydrogens (tertiary/aromatic N) is 1. The molecule has 3 rings (SSSR count). The summed E-state index contributed by atoms with van der Waals surface area (Å²) >= 11 is 0. The summed E-state index contributed by atoms with van der Waals surface area (Å²) in [7, 11) is 0. The molecule has 2 heteroatoms. The van der Waals surface area contributed by atoms with E-state index in [1.165, 1.54) is 35.6 Å². The maximum Gasteiger partial charge on any atom is 0.0346 e. The first-order chi connectivity index (χ1) is 9.12. The van der Waals surface area contributed by atoms with Gasteiger partial charge < -0.3 is 5.32 Å². The third kappa shape index (κ3) is 2.95. The van der Waals surface area contributed by atoms with Crippen LogP contribution in [0, 0.1) is 5.41 Å². The van der Waals surface area contributed by atoms with E-state index in [1.54, 1.807) is 0 Å². The Labute approximate surface area is 115 Å². The maximum atomic E-state index is 4.15. The second-order valence-corrected chi connectivity index (χ2v) is 6.54. The van der Waals surface area contributed by atoms with Gasteiger partial charge in [0.15, 0.2) is 0 Å². The molecule has 0 amide bonds. The Balaban J connectivity index is 1.66. The number of aromatic nitrogens is 1. The number of pyridine rings is 1. The molecule has 1 N–H and O–H groups in total. The molecule has 1 fully saturated rings. The molecule has 1 aromatic carbocycles. The van der Waals surface area contributed by atoms with Crippen LogP contribution in [-0.4, -0.2) is 11.0 Å². The van der Waals surface area contributed by atoms with Gasteiger partial charge in [0.05, 0.1) is 0 Å². The quantitative estimate of drug-likeness (QED) is 0.898. The van der Waals surface area contributed by atoms with E-state index in [1.807, 2.05) is 12.4 Å². The van der Waals surface area contributed by atoms with Gasteiger partial charge in [-0.25, -0.2) is 0 Å². The molecule has 1 heterocycles. The predicted molar refractivity (Wildman–Crippen MR) is 80.0 cm³/mol. The first-order valence-corrected chi connectivity index (χ1v) is 7.18. The summed E-state index contributed by atoms with van der Waals surface area (Å²) in [6, 6.07) is 9.40. The monoisotopic (exact) mass is 254 g/mol. The Kier molecular flexibility index (Phi) is 3.28. The highest BCUT2D eigenvalue weighted by Crippen LogP contribution is 2.36. The van der Waals surface area contributed by atoms with Gasteiger partial charge in [0, 0.05) is 30.4 Å². The molecule has 0 spiro atoms. The van der Waals surface area contributed by atoms with Gasteiger partial charge >= 0.3 is 0 Å². The predicted octanol–water partition coefficient (Wildman–Crippen LogP) is 3.90. The number of benzene rings is 1. The molecule has 100 valence electrons. The van der Waals surface area contributed by atoms with Crippen molar-refractivity contribution < 1.29 is 0 Å². The van der Waals surface area contributed by atoms with Crippen molar-refractivity contribution in [3.05, 3.63) is 42.2 Å². The zero-order chi connectivity index (χ0) is 13.3. The Morgan fingerprint density at radius 2 is 2.16 bits per heavy atom. The molecule has 1 aliphatic carbocycles. The molecule has 1 unspecified atom stereocenters. The molecule has 2 aromatic rings. The largest absolute Gasteiger partial charge is 0.310 e. The van der Waals surface area contributed by atoms with Crippen LogP contribution >= 0.6 is 0 Å². The lowest BCUT2D eigenvalue weighted by molar-refractivity contribution is 0.364. The van der Waals surface area contributed by atoms with E-state index in [-0.39, 0.29) is 0 Å². The fraction of sp³-hybridized carbons (Fsp3) is 0.471. The maximum absolute atomic E-state index is 4.15. The molecule has 1 saturated carbocycles. The second kappa shape index (κ2) is 4.93. The van der Waals surface area contributed by atoms with Crippen molar-refractivity contribution in [2.75, 3.05) is 0 Å². The molecule has 0 saturated heterocycles. The first kappa shape index (κ1) is 12.6. The topological polar surface area (TPSA) is 24.9 Å². The van der Waals surface area contributed by atoms with E-state index in [0.29, 0.717) is 11.5 Å². The summed E-state index contributed by atoms with van der Waals surface area (Å²) in [4.78, 5) is 4.15. The Bertz CT molecular complexity index is 574. The van der Waals surface area contributed by atoms with Crippen molar-refractivity contribution in [2.45, 2.75) is 45.7 Å². The molecule has 0 radical (unpaired) electrons. The van der Waals surface area contributed by atoms with Gasteiger partial charge in [-0.2, -0.15) is 0 Å². The summed E-state index contributed by atoms with van der Waals surface area (Å²) < 4.78 is 0. The van der Waals surface area contributed by atoms with Crippen LogP contribution in [0.3, 0.4) is 0 Å². The van der Waals surface area contributed by atoms with E-state index in [2.05, 4.69) is 48.4 Å². The van der Waals surface area contributed by atoms with E-state index >= 15 is 0 Å². The van der Waals surface area contributed by atoms with Gasteiger partial charge in [-0.05, 0) is 47.8 Å². The van der Waals surface area contributed by atoms with Crippen molar-refractivity contribution in [1.29, 1.82) is 0 Å². The minimum atomic E-state index is 0.521. The van der Waals surface area contributed by atoms with E-state index in [0.717, 1.165) is 6.54 Å². The SMILES string of the molecule is CC1(C)CCC(NCc2ccc3cnccc3c2)C1. The van der Waals surface area contributed by atoms with Crippen molar-refractivity contribution in [3.8, 4) is 0 Å². The fourth-order valence-electron chi connectivity index (χ4n) is 3.12. The highest BCUT2D eigenvalue weighted by Gasteiger charge is 2.30. The highest BCUT2D eigenvalue weighted by molar-refractivity contribution is 5.81. The van der Waals surface area contributed by atoms with Gasteiger partial charge in [-0.3, -0.25) is 4.98 Å². The third-order valence-electron chi connectivity index (χ3n) is 4.27. The molecule has 0 bridgehead atoms. The molecule has 2 nitrogen and oxygen atoms in total. The molecule has 0 aliphatic heterocycles. The summed E-state index contributed by atoms with van der Waals surface area (Å²) in [6.07, 6.45) is 7.73. The summed E-state index contributed by atoms with van der Waals surface area (Å²) in [5.41, 5.74) is 1.88. The molecular formula is C17H22N2. The van der Waals surface area contributed by atoms with Gasteiger partial charge in [-0.1, -0.05) is 26.0 Å². The van der Waals surface area contributed by atoms with E-state index in [4.69, 9.17) is 0 Å². The van der Waals surface area contributed by atoms with Crippen LogP contribution in [0.1, 0.15) is 38.7 Å². The zero-order valence-electron chi connectivity index (χ0n) is 11.8. The molecular weight excluding hydrogens is 232 g/mol. The van der Waals surface area contributed by atoms with Crippen LogP contribution in [0.2, 0.25) is 0 Å². The molecule has 1 aliphatic rings.